The van der Waals surface area contributed by atoms with Gasteiger partial charge in [-0.25, -0.2) is 9.97 Å². The van der Waals surface area contributed by atoms with Crippen molar-refractivity contribution in [3.05, 3.63) is 121 Å². The predicted octanol–water partition coefficient (Wildman–Crippen LogP) is 7.90. The molecule has 7 atom stereocenters. The number of aromatic amines is 3. The molecule has 8 bridgehead atoms. The standard InChI is InChI=1S/C64H78N14O10S2/c1-10-41-33(4)43-27-48-52(37(8)79)35(6)45(74-48)25-44-34(5)42(56(75-44)54-55(63(86)87-9)59(83)53-36(7)46(76-57(53)54)26-47(41)73-43)16-18-50(81)67-21-24-89-90-30-32(3)70-51(82)19-22-88-23-20-66-49(80)17-11-31(2)71-61(84)38-12-14-39(15-13-38)68-28-40-29-69-60-58(72-40)62(85)78-64(65)77-60/h12-15,25-27,29,31-34,41-42,55,68,74,76H,10-11,16-24,28,30H2,1-9H3,(H,66,80)(H,67,81)(H,70,82)(H,71,84)(H3,65,69,77,78,85)/t31-,32-,33-,34+,41-,42+,55?/m1/s1. The fourth-order valence-electron chi connectivity index (χ4n) is 11.9. The Balaban J connectivity index is 0.681. The maximum atomic E-state index is 14.5. The van der Waals surface area contributed by atoms with Gasteiger partial charge in [0.15, 0.2) is 22.7 Å². The number of ether oxygens (including phenoxy) is 2. The molecule has 4 amide bonds. The number of rotatable bonds is 27. The lowest BCUT2D eigenvalue weighted by Gasteiger charge is -2.19. The van der Waals surface area contributed by atoms with Crippen LogP contribution in [0.15, 0.2) is 53.5 Å². The summed E-state index contributed by atoms with van der Waals surface area (Å²) in [6.45, 7) is 16.7. The van der Waals surface area contributed by atoms with Gasteiger partial charge in [0.2, 0.25) is 23.7 Å². The first-order valence-electron chi connectivity index (χ1n) is 30.4. The second kappa shape index (κ2) is 29.4. The summed E-state index contributed by atoms with van der Waals surface area (Å²) in [7, 11) is 4.44. The van der Waals surface area contributed by atoms with Gasteiger partial charge in [-0.15, -0.1) is 0 Å². The number of methoxy groups -OCH3 is 1. The highest BCUT2D eigenvalue weighted by atomic mass is 33.1. The molecule has 0 spiro atoms. The number of nitrogens with zero attached hydrogens (tertiary/aromatic N) is 5. The molecule has 3 aliphatic rings. The zero-order chi connectivity index (χ0) is 64.5. The van der Waals surface area contributed by atoms with Crippen LogP contribution in [0.4, 0.5) is 11.6 Å². The van der Waals surface area contributed by atoms with Gasteiger partial charge in [-0.3, -0.25) is 53.3 Å². The summed E-state index contributed by atoms with van der Waals surface area (Å²) in [4.78, 5) is 137. The van der Waals surface area contributed by atoms with E-state index in [1.807, 2.05) is 52.8 Å². The predicted molar refractivity (Wildman–Crippen MR) is 348 cm³/mol. The number of aromatic nitrogens is 8. The Morgan fingerprint density at radius 2 is 1.46 bits per heavy atom. The van der Waals surface area contributed by atoms with E-state index in [-0.39, 0.29) is 134 Å². The second-order valence-electron chi connectivity index (χ2n) is 23.2. The van der Waals surface area contributed by atoms with E-state index < -0.39 is 17.4 Å². The third kappa shape index (κ3) is 15.2. The Kier molecular flexibility index (Phi) is 21.6. The summed E-state index contributed by atoms with van der Waals surface area (Å²) in [5, 5.41) is 14.9. The Labute approximate surface area is 528 Å². The molecule has 0 saturated heterocycles. The van der Waals surface area contributed by atoms with Gasteiger partial charge in [0, 0.05) is 136 Å². The van der Waals surface area contributed by atoms with Crippen molar-refractivity contribution in [1.82, 2.24) is 61.1 Å². The van der Waals surface area contributed by atoms with Gasteiger partial charge in [-0.1, -0.05) is 42.4 Å². The van der Waals surface area contributed by atoms with Crippen molar-refractivity contribution < 1.29 is 43.0 Å². The molecule has 0 radical (unpaired) electrons. The van der Waals surface area contributed by atoms with E-state index in [0.717, 1.165) is 29.1 Å². The second-order valence-corrected chi connectivity index (χ2v) is 25.8. The zero-order valence-electron chi connectivity index (χ0n) is 52.1. The number of esters is 1. The van der Waals surface area contributed by atoms with E-state index in [4.69, 9.17) is 25.2 Å². The zero-order valence-corrected chi connectivity index (χ0v) is 53.7. The van der Waals surface area contributed by atoms with Gasteiger partial charge in [-0.05, 0) is 107 Å². The van der Waals surface area contributed by atoms with E-state index in [2.05, 4.69) is 70.3 Å². The van der Waals surface area contributed by atoms with Gasteiger partial charge >= 0.3 is 5.97 Å². The molecule has 2 aliphatic heterocycles. The number of fused-ring (bicyclic) bond motifs is 9. The molecule has 476 valence electrons. The molecular formula is C64H78N14O10S2. The molecule has 26 heteroatoms. The first-order chi connectivity index (χ1) is 43.1. The average molecular weight is 1270 g/mol. The molecule has 1 aliphatic carbocycles. The van der Waals surface area contributed by atoms with Gasteiger partial charge < -0.3 is 51.8 Å². The third-order valence-electron chi connectivity index (χ3n) is 16.8. The van der Waals surface area contributed by atoms with Crippen LogP contribution in [-0.4, -0.2) is 138 Å². The van der Waals surface area contributed by atoms with Crippen molar-refractivity contribution in [2.75, 3.05) is 56.0 Å². The minimum absolute atomic E-state index is 0.0397. The number of ketones is 2. The lowest BCUT2D eigenvalue weighted by Crippen LogP contribution is -2.35. The number of nitrogen functional groups attached to an aromatic ring is 1. The van der Waals surface area contributed by atoms with Gasteiger partial charge in [0.25, 0.3) is 11.5 Å². The van der Waals surface area contributed by atoms with Gasteiger partial charge in [0.1, 0.15) is 5.92 Å². The van der Waals surface area contributed by atoms with E-state index in [9.17, 15) is 38.4 Å². The van der Waals surface area contributed by atoms with E-state index >= 15 is 0 Å². The number of carbonyl (C=O) groups is 7. The average Bonchev–Trinajstić information content (AvgIpc) is 1.58. The Hall–Kier alpha value is -8.49. The monoisotopic (exact) mass is 1270 g/mol. The first-order valence-corrected chi connectivity index (χ1v) is 32.8. The van der Waals surface area contributed by atoms with Crippen molar-refractivity contribution in [1.29, 1.82) is 0 Å². The molecule has 90 heavy (non-hydrogen) atoms. The van der Waals surface area contributed by atoms with E-state index in [1.54, 1.807) is 52.8 Å². The number of nitrogens with two attached hydrogens (primary N) is 1. The first kappa shape index (κ1) is 65.9. The number of hydrogen-bond donors (Lipinski definition) is 9. The van der Waals surface area contributed by atoms with Crippen LogP contribution < -0.4 is 37.9 Å². The fourth-order valence-corrected chi connectivity index (χ4v) is 14.1. The number of aryl methyl sites for hydroxylation is 2. The quantitative estimate of drug-likeness (QED) is 0.00777. The maximum Gasteiger partial charge on any atom is 0.321 e. The number of nitrogens with one attached hydrogen (secondary N) is 8. The molecule has 24 nitrogen and oxygen atoms in total. The number of H-pyrrole nitrogens is 3. The highest BCUT2D eigenvalue weighted by molar-refractivity contribution is 8.76. The van der Waals surface area contributed by atoms with Gasteiger partial charge in [0.05, 0.1) is 55.5 Å². The van der Waals surface area contributed by atoms with E-state index in [1.165, 1.54) is 13.3 Å². The number of amides is 4. The van der Waals surface area contributed by atoms with Crippen LogP contribution in [0.5, 0.6) is 0 Å². The summed E-state index contributed by atoms with van der Waals surface area (Å²) in [5.74, 6) is -2.44. The normalized spacial score (nSPS) is 17.4. The van der Waals surface area contributed by atoms with Crippen molar-refractivity contribution >= 4 is 108 Å². The fraction of sp³-hybridized carbons (Fsp3) is 0.453. The molecule has 9 rings (SSSR count). The molecule has 0 saturated carbocycles. The molecular weight excluding hydrogens is 1190 g/mol. The lowest BCUT2D eigenvalue weighted by atomic mass is 9.84. The van der Waals surface area contributed by atoms with Gasteiger partial charge in [-0.2, -0.15) is 4.98 Å². The van der Waals surface area contributed by atoms with Crippen molar-refractivity contribution in [3.63, 3.8) is 0 Å². The van der Waals surface area contributed by atoms with E-state index in [0.29, 0.717) is 97.9 Å². The molecule has 5 aromatic heterocycles. The molecule has 0 fully saturated rings. The van der Waals surface area contributed by atoms with Crippen molar-refractivity contribution in [2.45, 2.75) is 142 Å². The number of benzene rings is 1. The van der Waals surface area contributed by atoms with Crippen molar-refractivity contribution in [2.24, 2.45) is 0 Å². The number of hydrogen-bond acceptors (Lipinski definition) is 19. The van der Waals surface area contributed by atoms with Crippen molar-refractivity contribution in [3.8, 4) is 0 Å². The largest absolute Gasteiger partial charge is 0.468 e. The number of carbonyl (C=O) groups excluding carboxylic acids is 7. The molecule has 1 aromatic carbocycles. The lowest BCUT2D eigenvalue weighted by molar-refractivity contribution is -0.141. The van der Waals surface area contributed by atoms with Crippen LogP contribution in [-0.2, 0) is 35.2 Å². The highest BCUT2D eigenvalue weighted by Gasteiger charge is 2.45. The number of Topliss-reactive ketones (excluding diaryl/α,β-unsaturated/α-hetero) is 2. The smallest absolute Gasteiger partial charge is 0.321 e. The topological polar surface area (TPSA) is 353 Å². The Morgan fingerprint density at radius 1 is 0.756 bits per heavy atom. The summed E-state index contributed by atoms with van der Waals surface area (Å²) in [5.41, 5.74) is 15.5. The molecule has 6 aromatic rings. The Morgan fingerprint density at radius 3 is 2.20 bits per heavy atom. The third-order valence-corrected chi connectivity index (χ3v) is 19.3. The summed E-state index contributed by atoms with van der Waals surface area (Å²) in [6.07, 6.45) is 3.61. The molecule has 1 unspecified atom stereocenters. The SMILES string of the molecule is CC[C@H]1c2cc3[nH]c4c(c3C)C(=O)C(C(=O)OC)c4c3nc(cc4[nH]c(cc(n2)[C@@H]1C)c(C(C)=O)c4C)[C@@H](C)[C@@H]3CCC(=O)NCCSSC[C@@H](C)NC(=O)CCOCCNC(=O)CC[C@@H](C)NC(=O)c1ccc(NCc2cnc3nc(N)[nH]c(=O)c3n2)cc1. The minimum Gasteiger partial charge on any atom is -0.468 e. The van der Waals surface area contributed by atoms with Crippen LogP contribution in [0.3, 0.4) is 0 Å². The minimum atomic E-state index is -1.25. The number of anilines is 2. The van der Waals surface area contributed by atoms with Crippen LogP contribution >= 0.6 is 21.6 Å². The van der Waals surface area contributed by atoms with Crippen LogP contribution in [0.2, 0.25) is 0 Å². The summed E-state index contributed by atoms with van der Waals surface area (Å²) in [6, 6.07) is 12.4. The summed E-state index contributed by atoms with van der Waals surface area (Å²) < 4.78 is 10.9. The Bertz CT molecular complexity index is 3980. The maximum absolute atomic E-state index is 14.5. The molecule has 10 N–H and O–H groups in total. The molecule has 7 heterocycles. The van der Waals surface area contributed by atoms with Crippen LogP contribution in [0, 0.1) is 13.8 Å². The van der Waals surface area contributed by atoms with Crippen LogP contribution in [0.25, 0.3) is 33.2 Å². The highest BCUT2D eigenvalue weighted by Crippen LogP contribution is 2.48. The van der Waals surface area contributed by atoms with Crippen LogP contribution in [0.1, 0.15) is 186 Å². The summed E-state index contributed by atoms with van der Waals surface area (Å²) >= 11 is 0.